The summed E-state index contributed by atoms with van der Waals surface area (Å²) in [5.74, 6) is -0.261. The fourth-order valence-corrected chi connectivity index (χ4v) is 16.5. The number of hydrogen-bond acceptors (Lipinski definition) is 13. The summed E-state index contributed by atoms with van der Waals surface area (Å²) >= 11 is 1.52. The van der Waals surface area contributed by atoms with Gasteiger partial charge in [0.2, 0.25) is 0 Å². The Morgan fingerprint density at radius 1 is 0.507 bits per heavy atom. The highest BCUT2D eigenvalue weighted by Crippen LogP contribution is 2.44. The molecule has 4 aromatic rings. The smallest absolute Gasteiger partial charge is 0.311 e. The van der Waals surface area contributed by atoms with E-state index in [0.29, 0.717) is 12.4 Å². The molecule has 10 atom stereocenters. The number of carbonyl (C=O) groups is 2. The van der Waals surface area contributed by atoms with Crippen LogP contribution >= 0.6 is 11.8 Å². The van der Waals surface area contributed by atoms with E-state index in [1.54, 1.807) is 0 Å². The van der Waals surface area contributed by atoms with E-state index in [2.05, 4.69) is 41.5 Å². The van der Waals surface area contributed by atoms with Crippen LogP contribution in [-0.2, 0) is 83.1 Å². The molecule has 412 valence electrons. The molecule has 6 rings (SSSR count). The lowest BCUT2D eigenvalue weighted by molar-refractivity contribution is -0.352. The van der Waals surface area contributed by atoms with Crippen LogP contribution in [0.1, 0.15) is 112 Å². The normalized spacial score (nSPS) is 24.6. The quantitative estimate of drug-likeness (QED) is 0.0462. The van der Waals surface area contributed by atoms with E-state index in [1.807, 2.05) is 170 Å². The SMILES string of the molecule is CCS[C@@H]1O[C@H](COCc2ccccc2)[C@@H](O[C@@H]2O[C@H](CO[Si](C(C)C)(C(C)C)C(C)C)[C@H](OCc3ccccc3)[C@H](OCc3ccccc3)[C@H]2OC(=O)C(C)(C)C)[C@H](OCc2ccccc2)[C@H]1OC(=O)C(C)(C)C. The number of benzene rings is 4. The second kappa shape index (κ2) is 28.1. The summed E-state index contributed by atoms with van der Waals surface area (Å²) in [7, 11) is -2.53. The van der Waals surface area contributed by atoms with Gasteiger partial charge in [0.15, 0.2) is 26.8 Å². The van der Waals surface area contributed by atoms with E-state index in [1.165, 1.54) is 11.8 Å². The average Bonchev–Trinajstić information content (AvgIpc) is 3.37. The highest BCUT2D eigenvalue weighted by atomic mass is 32.2. The van der Waals surface area contributed by atoms with E-state index in [0.717, 1.165) is 22.3 Å². The van der Waals surface area contributed by atoms with Gasteiger partial charge < -0.3 is 47.1 Å². The van der Waals surface area contributed by atoms with Gasteiger partial charge in [-0.15, -0.1) is 11.8 Å². The van der Waals surface area contributed by atoms with Crippen LogP contribution in [0.2, 0.25) is 16.6 Å². The molecule has 0 unspecified atom stereocenters. The molecule has 0 aromatic heterocycles. The van der Waals surface area contributed by atoms with Crippen molar-refractivity contribution in [3.05, 3.63) is 144 Å². The lowest BCUT2D eigenvalue weighted by Gasteiger charge is -2.51. The Morgan fingerprint density at radius 2 is 0.893 bits per heavy atom. The minimum Gasteiger partial charge on any atom is -0.455 e. The van der Waals surface area contributed by atoms with Gasteiger partial charge in [-0.1, -0.05) is 170 Å². The summed E-state index contributed by atoms with van der Waals surface area (Å²) in [6.07, 6.45) is -8.86. The first-order valence-corrected chi connectivity index (χ1v) is 30.1. The summed E-state index contributed by atoms with van der Waals surface area (Å²) < 4.78 is 70.2. The molecule has 0 aliphatic carbocycles. The molecule has 0 radical (unpaired) electrons. The molecular formula is C61H86O12SSi. The molecule has 2 saturated heterocycles. The summed E-state index contributed by atoms with van der Waals surface area (Å²) in [5, 5.41) is 0. The molecular weight excluding hydrogens is 985 g/mol. The van der Waals surface area contributed by atoms with Gasteiger partial charge in [0.25, 0.3) is 0 Å². The van der Waals surface area contributed by atoms with Crippen LogP contribution in [0.3, 0.4) is 0 Å². The van der Waals surface area contributed by atoms with E-state index in [9.17, 15) is 9.59 Å². The first-order chi connectivity index (χ1) is 35.7. The zero-order valence-electron chi connectivity index (χ0n) is 46.8. The minimum atomic E-state index is -2.53. The molecule has 2 aliphatic rings. The Balaban J connectivity index is 1.53. The van der Waals surface area contributed by atoms with E-state index < -0.39 is 91.6 Å². The highest BCUT2D eigenvalue weighted by molar-refractivity contribution is 7.99. The van der Waals surface area contributed by atoms with Crippen LogP contribution < -0.4 is 0 Å². The lowest BCUT2D eigenvalue weighted by atomic mass is 9.94. The molecule has 75 heavy (non-hydrogen) atoms. The van der Waals surface area contributed by atoms with Gasteiger partial charge in [-0.2, -0.15) is 0 Å². The van der Waals surface area contributed by atoms with Gasteiger partial charge >= 0.3 is 11.9 Å². The molecule has 12 nitrogen and oxygen atoms in total. The lowest BCUT2D eigenvalue weighted by Crippen LogP contribution is -2.67. The van der Waals surface area contributed by atoms with Gasteiger partial charge in [0.05, 0.1) is 50.5 Å². The zero-order chi connectivity index (χ0) is 54.3. The summed E-state index contributed by atoms with van der Waals surface area (Å²) in [5.41, 5.74) is 2.08. The van der Waals surface area contributed by atoms with Crippen LogP contribution in [0, 0.1) is 10.8 Å². The van der Waals surface area contributed by atoms with Crippen molar-refractivity contribution >= 4 is 32.0 Å². The predicted molar refractivity (Wildman–Crippen MR) is 297 cm³/mol. The van der Waals surface area contributed by atoms with Gasteiger partial charge in [0, 0.05) is 0 Å². The van der Waals surface area contributed by atoms with Crippen molar-refractivity contribution in [1.82, 2.24) is 0 Å². The number of rotatable bonds is 25. The number of carbonyl (C=O) groups excluding carboxylic acids is 2. The van der Waals surface area contributed by atoms with Crippen LogP contribution in [0.4, 0.5) is 0 Å². The van der Waals surface area contributed by atoms with Crippen molar-refractivity contribution in [3.8, 4) is 0 Å². The summed E-state index contributed by atoms with van der Waals surface area (Å²) in [4.78, 5) is 28.6. The van der Waals surface area contributed by atoms with Crippen LogP contribution in [-0.4, -0.2) is 99.8 Å². The van der Waals surface area contributed by atoms with Crippen molar-refractivity contribution in [2.24, 2.45) is 10.8 Å². The van der Waals surface area contributed by atoms with Crippen molar-refractivity contribution in [2.45, 2.75) is 194 Å². The van der Waals surface area contributed by atoms with Crippen molar-refractivity contribution in [3.63, 3.8) is 0 Å². The Kier molecular flexibility index (Phi) is 22.6. The van der Waals surface area contributed by atoms with Crippen molar-refractivity contribution in [1.29, 1.82) is 0 Å². The number of thioether (sulfide) groups is 1. The maximum Gasteiger partial charge on any atom is 0.311 e. The Bertz CT molecular complexity index is 2270. The first-order valence-electron chi connectivity index (χ1n) is 26.9. The topological polar surface area (TPSA) is 126 Å². The number of esters is 2. The molecule has 2 fully saturated rings. The second-order valence-corrected chi connectivity index (χ2v) is 29.6. The molecule has 4 aromatic carbocycles. The summed E-state index contributed by atoms with van der Waals surface area (Å²) in [6, 6.07) is 39.6. The maximum atomic E-state index is 14.5. The minimum absolute atomic E-state index is 0.0687. The molecule has 0 bridgehead atoms. The average molecular weight is 1070 g/mol. The third-order valence-electron chi connectivity index (χ3n) is 14.0. The zero-order valence-corrected chi connectivity index (χ0v) is 48.6. The van der Waals surface area contributed by atoms with Gasteiger partial charge in [0.1, 0.15) is 42.1 Å². The monoisotopic (exact) mass is 1070 g/mol. The van der Waals surface area contributed by atoms with Crippen LogP contribution in [0.5, 0.6) is 0 Å². The van der Waals surface area contributed by atoms with Crippen molar-refractivity contribution < 1.29 is 56.6 Å². The molecule has 0 amide bonds. The largest absolute Gasteiger partial charge is 0.455 e. The fraction of sp³-hybridized carbons (Fsp3) is 0.574. The fourth-order valence-electron chi connectivity index (χ4n) is 10.1. The molecule has 0 N–H and O–H groups in total. The molecule has 14 heteroatoms. The molecule has 2 aliphatic heterocycles. The predicted octanol–water partition coefficient (Wildman–Crippen LogP) is 12.7. The second-order valence-electron chi connectivity index (χ2n) is 22.8. The Labute approximate surface area is 453 Å². The standard InChI is InChI=1S/C61H86O12SSi/c1-14-74-57-55(73-59(63)61(11,12)13)53(67-38-47-33-25-18-26-34-47)51(48(70-57)39-64-35-44-27-19-15-20-28-44)71-56-54(72-58(62)60(8,9)10)52(66-37-46-31-23-17-24-32-46)50(65-36-45-29-21-16-22-30-45)49(69-56)40-68-75(41(2)3,42(4)5)43(6)7/h15-34,41-43,48-57H,14,35-40H2,1-13H3/t48-,49-,50+,51-,52+,53+,54-,55-,56+,57+/m1/s1. The Hall–Kier alpha value is -3.93. The van der Waals surface area contributed by atoms with Crippen LogP contribution in [0.25, 0.3) is 0 Å². The van der Waals surface area contributed by atoms with E-state index >= 15 is 0 Å². The Morgan fingerprint density at radius 3 is 1.31 bits per heavy atom. The first kappa shape index (κ1) is 60.3. The van der Waals surface area contributed by atoms with Gasteiger partial charge in [-0.25, -0.2) is 0 Å². The highest BCUT2D eigenvalue weighted by Gasteiger charge is 2.57. The van der Waals surface area contributed by atoms with Gasteiger partial charge in [-0.3, -0.25) is 9.59 Å². The summed E-state index contributed by atoms with van der Waals surface area (Å²) in [6.45, 7) is 27.5. The maximum absolute atomic E-state index is 14.5. The number of hydrogen-bond donors (Lipinski definition) is 0. The molecule has 0 spiro atoms. The van der Waals surface area contributed by atoms with E-state index in [4.69, 9.17) is 47.1 Å². The van der Waals surface area contributed by atoms with Crippen molar-refractivity contribution in [2.75, 3.05) is 19.0 Å². The number of ether oxygens (including phenoxy) is 9. The third-order valence-corrected chi connectivity index (χ3v) is 21.1. The van der Waals surface area contributed by atoms with Gasteiger partial charge in [-0.05, 0) is 86.2 Å². The molecule has 2 heterocycles. The third kappa shape index (κ3) is 16.5. The van der Waals surface area contributed by atoms with E-state index in [-0.39, 0.29) is 49.7 Å². The van der Waals surface area contributed by atoms with Crippen LogP contribution in [0.15, 0.2) is 121 Å². The molecule has 0 saturated carbocycles.